The number of hydrogen-bond donors (Lipinski definition) is 1. The molecule has 1 rings (SSSR count). The lowest BCUT2D eigenvalue weighted by Crippen LogP contribution is -2.24. The molecule has 1 aromatic heterocycles. The van der Waals surface area contributed by atoms with Crippen molar-refractivity contribution in [3.63, 3.8) is 0 Å². The van der Waals surface area contributed by atoms with Crippen LogP contribution in [0.3, 0.4) is 0 Å². The zero-order valence-corrected chi connectivity index (χ0v) is 12.2. The van der Waals surface area contributed by atoms with Gasteiger partial charge in [-0.2, -0.15) is 5.10 Å². The van der Waals surface area contributed by atoms with Crippen molar-refractivity contribution < 1.29 is 14.6 Å². The Morgan fingerprint density at radius 1 is 1.22 bits per heavy atom. The zero-order valence-electron chi connectivity index (χ0n) is 12.2. The molecule has 0 saturated heterocycles. The van der Waals surface area contributed by atoms with Crippen molar-refractivity contribution >= 4 is 5.97 Å². The summed E-state index contributed by atoms with van der Waals surface area (Å²) in [7, 11) is 1.47. The van der Waals surface area contributed by atoms with Crippen LogP contribution in [-0.4, -0.2) is 28.0 Å². The monoisotopic (exact) mass is 254 g/mol. The number of nitrogens with zero attached hydrogens (tertiary/aromatic N) is 2. The van der Waals surface area contributed by atoms with Crippen molar-refractivity contribution in [1.82, 2.24) is 9.78 Å². The molecule has 0 atom stereocenters. The standard InChI is InChI=1S/C13H22N2O3/c1-12(2,3)9-8(11(16)17)10(18-7)15(14-9)13(4,5)6/h1-7H3,(H,16,17). The van der Waals surface area contributed by atoms with Gasteiger partial charge < -0.3 is 9.84 Å². The van der Waals surface area contributed by atoms with Crippen molar-refractivity contribution in [3.8, 4) is 5.88 Å². The van der Waals surface area contributed by atoms with E-state index in [1.807, 2.05) is 41.5 Å². The van der Waals surface area contributed by atoms with E-state index in [2.05, 4.69) is 5.10 Å². The van der Waals surface area contributed by atoms with Crippen LogP contribution in [0.25, 0.3) is 0 Å². The van der Waals surface area contributed by atoms with Crippen molar-refractivity contribution in [2.75, 3.05) is 7.11 Å². The van der Waals surface area contributed by atoms with Crippen LogP contribution in [0, 0.1) is 0 Å². The van der Waals surface area contributed by atoms with Crippen LogP contribution in [-0.2, 0) is 11.0 Å². The first-order valence-electron chi connectivity index (χ1n) is 5.91. The van der Waals surface area contributed by atoms with Gasteiger partial charge in [-0.25, -0.2) is 9.48 Å². The van der Waals surface area contributed by atoms with Gasteiger partial charge in [-0.05, 0) is 20.8 Å². The number of ether oxygens (including phenoxy) is 1. The summed E-state index contributed by atoms with van der Waals surface area (Å²) >= 11 is 0. The van der Waals surface area contributed by atoms with Crippen LogP contribution in [0.15, 0.2) is 0 Å². The Hall–Kier alpha value is -1.52. The summed E-state index contributed by atoms with van der Waals surface area (Å²) in [5.74, 6) is -0.702. The molecule has 5 nitrogen and oxygen atoms in total. The number of methoxy groups -OCH3 is 1. The third-order valence-corrected chi connectivity index (χ3v) is 2.60. The molecule has 0 aromatic carbocycles. The molecule has 5 heteroatoms. The largest absolute Gasteiger partial charge is 0.481 e. The average Bonchev–Trinajstić information content (AvgIpc) is 2.54. The highest BCUT2D eigenvalue weighted by molar-refractivity contribution is 5.92. The van der Waals surface area contributed by atoms with Gasteiger partial charge >= 0.3 is 5.97 Å². The Labute approximate surface area is 108 Å². The fourth-order valence-corrected chi connectivity index (χ4v) is 1.76. The lowest BCUT2D eigenvalue weighted by atomic mass is 9.89. The van der Waals surface area contributed by atoms with E-state index in [4.69, 9.17) is 4.74 Å². The fourth-order valence-electron chi connectivity index (χ4n) is 1.76. The van der Waals surface area contributed by atoms with E-state index in [9.17, 15) is 9.90 Å². The molecule has 0 fully saturated rings. The van der Waals surface area contributed by atoms with Crippen LogP contribution in [0.2, 0.25) is 0 Å². The smallest absolute Gasteiger partial charge is 0.343 e. The van der Waals surface area contributed by atoms with Gasteiger partial charge in [0, 0.05) is 5.41 Å². The van der Waals surface area contributed by atoms with Gasteiger partial charge in [0.15, 0.2) is 0 Å². The SMILES string of the molecule is COc1c(C(=O)O)c(C(C)(C)C)nn1C(C)(C)C. The highest BCUT2D eigenvalue weighted by Crippen LogP contribution is 2.34. The van der Waals surface area contributed by atoms with E-state index >= 15 is 0 Å². The Morgan fingerprint density at radius 3 is 2.00 bits per heavy atom. The molecular formula is C13H22N2O3. The van der Waals surface area contributed by atoms with Gasteiger partial charge in [0.2, 0.25) is 5.88 Å². The molecule has 0 amide bonds. The normalized spacial score (nSPS) is 12.6. The van der Waals surface area contributed by atoms with Crippen molar-refractivity contribution in [3.05, 3.63) is 11.3 Å². The van der Waals surface area contributed by atoms with Gasteiger partial charge in [-0.1, -0.05) is 20.8 Å². The number of aromatic carboxylic acids is 1. The van der Waals surface area contributed by atoms with E-state index in [1.165, 1.54) is 7.11 Å². The van der Waals surface area contributed by atoms with E-state index in [-0.39, 0.29) is 16.5 Å². The minimum absolute atomic E-state index is 0.153. The maximum atomic E-state index is 11.5. The number of carboxylic acid groups (broad SMARTS) is 1. The summed E-state index contributed by atoms with van der Waals surface area (Å²) in [6.45, 7) is 11.7. The van der Waals surface area contributed by atoms with Crippen LogP contribution in [0.4, 0.5) is 0 Å². The lowest BCUT2D eigenvalue weighted by molar-refractivity contribution is 0.0690. The molecule has 0 unspecified atom stereocenters. The highest BCUT2D eigenvalue weighted by Gasteiger charge is 2.34. The molecule has 1 aromatic rings. The van der Waals surface area contributed by atoms with Gasteiger partial charge in [-0.15, -0.1) is 0 Å². The molecule has 102 valence electrons. The Balaban J connectivity index is 3.65. The first-order valence-corrected chi connectivity index (χ1v) is 5.91. The fraction of sp³-hybridized carbons (Fsp3) is 0.692. The average molecular weight is 254 g/mol. The van der Waals surface area contributed by atoms with E-state index in [0.717, 1.165) is 0 Å². The summed E-state index contributed by atoms with van der Waals surface area (Å²) in [6, 6.07) is 0. The molecule has 0 aliphatic heterocycles. The minimum atomic E-state index is -1.01. The van der Waals surface area contributed by atoms with E-state index in [0.29, 0.717) is 11.6 Å². The third-order valence-electron chi connectivity index (χ3n) is 2.60. The maximum Gasteiger partial charge on any atom is 0.343 e. The van der Waals surface area contributed by atoms with Crippen molar-refractivity contribution in [1.29, 1.82) is 0 Å². The molecule has 0 aliphatic carbocycles. The summed E-state index contributed by atoms with van der Waals surface area (Å²) in [6.07, 6.45) is 0. The second kappa shape index (κ2) is 4.30. The third kappa shape index (κ3) is 2.49. The number of aromatic nitrogens is 2. The van der Waals surface area contributed by atoms with Gasteiger partial charge in [-0.3, -0.25) is 0 Å². The molecule has 0 saturated carbocycles. The van der Waals surface area contributed by atoms with Crippen LogP contribution in [0.5, 0.6) is 5.88 Å². The quantitative estimate of drug-likeness (QED) is 0.881. The second-order valence-electron chi connectivity index (χ2n) is 6.37. The van der Waals surface area contributed by atoms with E-state index in [1.54, 1.807) is 4.68 Å². The molecule has 1 heterocycles. The first-order chi connectivity index (χ1) is 8.00. The molecule has 0 spiro atoms. The summed E-state index contributed by atoms with van der Waals surface area (Å²) < 4.78 is 6.90. The van der Waals surface area contributed by atoms with Crippen molar-refractivity contribution in [2.24, 2.45) is 0 Å². The van der Waals surface area contributed by atoms with Crippen LogP contribution in [0.1, 0.15) is 57.6 Å². The predicted molar refractivity (Wildman–Crippen MR) is 69.4 cm³/mol. The number of carboxylic acids is 1. The molecule has 0 aliphatic rings. The van der Waals surface area contributed by atoms with Gasteiger partial charge in [0.05, 0.1) is 18.3 Å². The zero-order chi connectivity index (χ0) is 14.3. The molecule has 18 heavy (non-hydrogen) atoms. The highest BCUT2D eigenvalue weighted by atomic mass is 16.5. The van der Waals surface area contributed by atoms with Crippen LogP contribution < -0.4 is 4.74 Å². The topological polar surface area (TPSA) is 64.3 Å². The number of carbonyl (C=O) groups is 1. The Morgan fingerprint density at radius 2 is 1.72 bits per heavy atom. The summed E-state index contributed by atoms with van der Waals surface area (Å²) in [5.41, 5.74) is 0.0120. The second-order valence-corrected chi connectivity index (χ2v) is 6.37. The minimum Gasteiger partial charge on any atom is -0.481 e. The molecular weight excluding hydrogens is 232 g/mol. The summed E-state index contributed by atoms with van der Waals surface area (Å²) in [5, 5.41) is 13.8. The molecule has 0 radical (unpaired) electrons. The predicted octanol–water partition coefficient (Wildman–Crippen LogP) is 2.64. The number of rotatable bonds is 2. The maximum absolute atomic E-state index is 11.5. The summed E-state index contributed by atoms with van der Waals surface area (Å²) in [4.78, 5) is 11.5. The van der Waals surface area contributed by atoms with Gasteiger partial charge in [0.25, 0.3) is 0 Å². The Bertz CT molecular complexity index is 462. The molecule has 1 N–H and O–H groups in total. The van der Waals surface area contributed by atoms with E-state index < -0.39 is 5.97 Å². The van der Waals surface area contributed by atoms with Crippen molar-refractivity contribution in [2.45, 2.75) is 52.5 Å². The van der Waals surface area contributed by atoms with Gasteiger partial charge in [0.1, 0.15) is 5.56 Å². The number of hydrogen-bond acceptors (Lipinski definition) is 3. The first kappa shape index (κ1) is 14.5. The van der Waals surface area contributed by atoms with Crippen LogP contribution >= 0.6 is 0 Å². The molecule has 0 bridgehead atoms. The Kier molecular flexibility index (Phi) is 3.47. The lowest BCUT2D eigenvalue weighted by Gasteiger charge is -2.21.